The minimum absolute atomic E-state index is 0.302. The molecule has 1 saturated heterocycles. The van der Waals surface area contributed by atoms with Crippen molar-refractivity contribution < 1.29 is 14.6 Å². The molecule has 0 amide bonds. The molecule has 2 rings (SSSR count). The molecule has 0 saturated carbocycles. The highest BCUT2D eigenvalue weighted by molar-refractivity contribution is 5.39. The summed E-state index contributed by atoms with van der Waals surface area (Å²) < 4.78 is 10.9. The first-order valence-corrected chi connectivity index (χ1v) is 7.63. The van der Waals surface area contributed by atoms with Crippen molar-refractivity contribution in [3.05, 3.63) is 23.8 Å². The Kier molecular flexibility index (Phi) is 6.29. The van der Waals surface area contributed by atoms with Gasteiger partial charge in [0.05, 0.1) is 13.2 Å². The van der Waals surface area contributed by atoms with Crippen molar-refractivity contribution in [2.45, 2.75) is 31.9 Å². The number of ether oxygens (including phenoxy) is 2. The molecule has 1 fully saturated rings. The number of methoxy groups -OCH3 is 1. The van der Waals surface area contributed by atoms with Gasteiger partial charge in [0.15, 0.2) is 0 Å². The highest BCUT2D eigenvalue weighted by Crippen LogP contribution is 2.26. The number of hydrogen-bond donors (Lipinski definition) is 2. The molecule has 0 radical (unpaired) electrons. The summed E-state index contributed by atoms with van der Waals surface area (Å²) in [5, 5.41) is 10.0. The molecule has 1 aromatic rings. The first-order chi connectivity index (χ1) is 10.2. The molecule has 0 unspecified atom stereocenters. The lowest BCUT2D eigenvalue weighted by Crippen LogP contribution is -2.36. The third-order valence-electron chi connectivity index (χ3n) is 3.92. The molecule has 118 valence electrons. The highest BCUT2D eigenvalue weighted by Gasteiger charge is 2.20. The number of nitrogens with two attached hydrogens (primary N) is 1. The second kappa shape index (κ2) is 8.22. The summed E-state index contributed by atoms with van der Waals surface area (Å²) in [6.45, 7) is 4.22. The summed E-state index contributed by atoms with van der Waals surface area (Å²) in [6, 6.07) is 5.48. The van der Waals surface area contributed by atoms with Gasteiger partial charge in [0.25, 0.3) is 0 Å². The van der Waals surface area contributed by atoms with E-state index in [9.17, 15) is 5.11 Å². The largest absolute Gasteiger partial charge is 0.507 e. The molecule has 0 spiro atoms. The molecule has 21 heavy (non-hydrogen) atoms. The molecule has 1 aromatic carbocycles. The molecular formula is C16H26N2O3. The minimum atomic E-state index is 0.302. The van der Waals surface area contributed by atoms with Crippen molar-refractivity contribution in [2.75, 3.05) is 33.4 Å². The summed E-state index contributed by atoms with van der Waals surface area (Å²) in [7, 11) is 1.60. The normalized spacial score (nSPS) is 17.0. The maximum atomic E-state index is 10.0. The van der Waals surface area contributed by atoms with Gasteiger partial charge in [0.1, 0.15) is 11.5 Å². The molecule has 5 nitrogen and oxygen atoms in total. The van der Waals surface area contributed by atoms with Crippen LogP contribution >= 0.6 is 0 Å². The van der Waals surface area contributed by atoms with Crippen LogP contribution < -0.4 is 10.5 Å². The maximum absolute atomic E-state index is 10.0. The second-order valence-corrected chi connectivity index (χ2v) is 5.48. The Balaban J connectivity index is 1.78. The Morgan fingerprint density at radius 2 is 2.10 bits per heavy atom. The van der Waals surface area contributed by atoms with Gasteiger partial charge >= 0.3 is 0 Å². The fraction of sp³-hybridized carbons (Fsp3) is 0.625. The van der Waals surface area contributed by atoms with Gasteiger partial charge in [-0.1, -0.05) is 6.07 Å². The summed E-state index contributed by atoms with van der Waals surface area (Å²) >= 11 is 0. The molecular weight excluding hydrogens is 268 g/mol. The van der Waals surface area contributed by atoms with Gasteiger partial charge < -0.3 is 20.3 Å². The van der Waals surface area contributed by atoms with E-state index in [4.69, 9.17) is 15.2 Å². The summed E-state index contributed by atoms with van der Waals surface area (Å²) in [5.41, 5.74) is 6.41. The molecule has 0 atom stereocenters. The minimum Gasteiger partial charge on any atom is -0.507 e. The number of phenols is 1. The smallest absolute Gasteiger partial charge is 0.123 e. The number of aromatic hydroxyl groups is 1. The lowest BCUT2D eigenvalue weighted by atomic mass is 10.1. The van der Waals surface area contributed by atoms with E-state index in [0.29, 0.717) is 24.1 Å². The molecule has 0 bridgehead atoms. The quantitative estimate of drug-likeness (QED) is 0.750. The standard InChI is InChI=1S/C16H26N2O3/c1-20-15-4-3-13(16(19)11-15)12-18-8-5-14(6-9-18)21-10-2-7-17/h3-4,11,14,19H,2,5-10,12,17H2,1H3. The van der Waals surface area contributed by atoms with Crippen molar-refractivity contribution >= 4 is 0 Å². The number of likely N-dealkylation sites (tertiary alicyclic amines) is 1. The SMILES string of the molecule is COc1ccc(CN2CCC(OCCCN)CC2)c(O)c1. The molecule has 5 heteroatoms. The first kappa shape index (κ1) is 16.1. The van der Waals surface area contributed by atoms with E-state index in [1.807, 2.05) is 12.1 Å². The zero-order valence-corrected chi connectivity index (χ0v) is 12.8. The van der Waals surface area contributed by atoms with E-state index in [2.05, 4.69) is 4.90 Å². The number of nitrogens with zero attached hydrogens (tertiary/aromatic N) is 1. The Morgan fingerprint density at radius 3 is 2.71 bits per heavy atom. The number of hydrogen-bond acceptors (Lipinski definition) is 5. The number of benzene rings is 1. The van der Waals surface area contributed by atoms with Gasteiger partial charge in [-0.25, -0.2) is 0 Å². The van der Waals surface area contributed by atoms with Gasteiger partial charge in [-0.15, -0.1) is 0 Å². The predicted octanol–water partition coefficient (Wildman–Crippen LogP) is 1.73. The molecule has 3 N–H and O–H groups in total. The lowest BCUT2D eigenvalue weighted by molar-refractivity contribution is 0.00553. The van der Waals surface area contributed by atoms with Crippen molar-refractivity contribution in [3.8, 4) is 11.5 Å². The van der Waals surface area contributed by atoms with Crippen LogP contribution in [-0.2, 0) is 11.3 Å². The van der Waals surface area contributed by atoms with Crippen molar-refractivity contribution in [1.82, 2.24) is 4.90 Å². The van der Waals surface area contributed by atoms with E-state index in [-0.39, 0.29) is 0 Å². The van der Waals surface area contributed by atoms with E-state index < -0.39 is 0 Å². The maximum Gasteiger partial charge on any atom is 0.123 e. The van der Waals surface area contributed by atoms with Crippen LogP contribution in [0.1, 0.15) is 24.8 Å². The van der Waals surface area contributed by atoms with E-state index in [1.165, 1.54) is 0 Å². The second-order valence-electron chi connectivity index (χ2n) is 5.48. The topological polar surface area (TPSA) is 68.0 Å². The summed E-state index contributed by atoms with van der Waals surface area (Å²) in [6.07, 6.45) is 3.38. The summed E-state index contributed by atoms with van der Waals surface area (Å²) in [4.78, 5) is 2.35. The Morgan fingerprint density at radius 1 is 1.33 bits per heavy atom. The Labute approximate surface area is 126 Å². The number of rotatable bonds is 7. The fourth-order valence-electron chi connectivity index (χ4n) is 2.61. The van der Waals surface area contributed by atoms with Crippen LogP contribution in [-0.4, -0.2) is 49.5 Å². The van der Waals surface area contributed by atoms with Crippen LogP contribution in [0, 0.1) is 0 Å². The third kappa shape index (κ3) is 4.88. The molecule has 0 aliphatic carbocycles. The van der Waals surface area contributed by atoms with Crippen LogP contribution in [0.25, 0.3) is 0 Å². The first-order valence-electron chi connectivity index (χ1n) is 7.63. The van der Waals surface area contributed by atoms with Crippen LogP contribution in [0.5, 0.6) is 11.5 Å². The van der Waals surface area contributed by atoms with Gasteiger partial charge in [-0.3, -0.25) is 4.90 Å². The lowest BCUT2D eigenvalue weighted by Gasteiger charge is -2.32. The average Bonchev–Trinajstić information content (AvgIpc) is 2.51. The van der Waals surface area contributed by atoms with Gasteiger partial charge in [-0.05, 0) is 31.9 Å². The number of phenolic OH excluding ortho intramolecular Hbond substituents is 1. The molecule has 1 aliphatic rings. The molecule has 1 heterocycles. The molecule has 0 aromatic heterocycles. The zero-order valence-electron chi connectivity index (χ0n) is 12.8. The van der Waals surface area contributed by atoms with E-state index in [1.54, 1.807) is 13.2 Å². The van der Waals surface area contributed by atoms with E-state index >= 15 is 0 Å². The van der Waals surface area contributed by atoms with Crippen molar-refractivity contribution in [3.63, 3.8) is 0 Å². The van der Waals surface area contributed by atoms with Gasteiger partial charge in [0, 0.05) is 37.9 Å². The monoisotopic (exact) mass is 294 g/mol. The van der Waals surface area contributed by atoms with Crippen LogP contribution in [0.4, 0.5) is 0 Å². The van der Waals surface area contributed by atoms with Gasteiger partial charge in [0.2, 0.25) is 0 Å². The average molecular weight is 294 g/mol. The Hall–Kier alpha value is -1.30. The predicted molar refractivity (Wildman–Crippen MR) is 82.6 cm³/mol. The Bertz CT molecular complexity index is 432. The molecule has 1 aliphatic heterocycles. The van der Waals surface area contributed by atoms with Crippen molar-refractivity contribution in [1.29, 1.82) is 0 Å². The van der Waals surface area contributed by atoms with E-state index in [0.717, 1.165) is 51.1 Å². The fourth-order valence-corrected chi connectivity index (χ4v) is 2.61. The highest BCUT2D eigenvalue weighted by atomic mass is 16.5. The number of piperidine rings is 1. The van der Waals surface area contributed by atoms with Crippen LogP contribution in [0.2, 0.25) is 0 Å². The zero-order chi connectivity index (χ0) is 15.1. The van der Waals surface area contributed by atoms with Crippen LogP contribution in [0.15, 0.2) is 18.2 Å². The van der Waals surface area contributed by atoms with Crippen molar-refractivity contribution in [2.24, 2.45) is 5.73 Å². The third-order valence-corrected chi connectivity index (χ3v) is 3.92. The summed E-state index contributed by atoms with van der Waals surface area (Å²) in [5.74, 6) is 0.985. The van der Waals surface area contributed by atoms with Gasteiger partial charge in [-0.2, -0.15) is 0 Å². The van der Waals surface area contributed by atoms with Crippen LogP contribution in [0.3, 0.4) is 0 Å².